The molecule has 0 aliphatic carbocycles. The molecule has 2 aromatic rings. The molecule has 1 aromatic heterocycles. The molecule has 0 radical (unpaired) electrons. The number of aryl methyl sites for hydroxylation is 1. The molecule has 3 heterocycles. The summed E-state index contributed by atoms with van der Waals surface area (Å²) in [6.45, 7) is 5.94. The van der Waals surface area contributed by atoms with E-state index in [9.17, 15) is 9.59 Å². The number of benzene rings is 1. The number of hydrogen-bond donors (Lipinski definition) is 0. The Bertz CT molecular complexity index is 915. The van der Waals surface area contributed by atoms with E-state index in [-0.39, 0.29) is 18.1 Å². The molecule has 2 aliphatic heterocycles. The van der Waals surface area contributed by atoms with Crippen LogP contribution >= 0.6 is 11.8 Å². The van der Waals surface area contributed by atoms with Gasteiger partial charge in [0.05, 0.1) is 0 Å². The molecule has 0 atom stereocenters. The number of fused-ring (bicyclic) bond motifs is 1. The summed E-state index contributed by atoms with van der Waals surface area (Å²) in [7, 11) is 0. The highest BCUT2D eigenvalue weighted by atomic mass is 32.2. The Morgan fingerprint density at radius 3 is 2.66 bits per heavy atom. The van der Waals surface area contributed by atoms with Crippen molar-refractivity contribution in [3.8, 4) is 5.75 Å². The SMILES string of the molecule is CCc1cc(=O)oc2cc(OCC(=O)N3CCC(N4CCSCC4)CC3)ccc12. The first-order valence-electron chi connectivity index (χ1n) is 10.4. The first-order valence-corrected chi connectivity index (χ1v) is 11.6. The molecule has 0 N–H and O–H groups in total. The minimum absolute atomic E-state index is 0.00816. The van der Waals surface area contributed by atoms with Crippen molar-refractivity contribution in [2.45, 2.75) is 32.2 Å². The highest BCUT2D eigenvalue weighted by Crippen LogP contribution is 2.24. The van der Waals surface area contributed by atoms with Crippen LogP contribution in [0.15, 0.2) is 33.5 Å². The molecule has 2 aliphatic rings. The lowest BCUT2D eigenvalue weighted by Gasteiger charge is -2.40. The zero-order chi connectivity index (χ0) is 20.2. The van der Waals surface area contributed by atoms with E-state index in [4.69, 9.17) is 9.15 Å². The minimum Gasteiger partial charge on any atom is -0.484 e. The van der Waals surface area contributed by atoms with Crippen LogP contribution in [0.2, 0.25) is 0 Å². The zero-order valence-electron chi connectivity index (χ0n) is 16.9. The fraction of sp³-hybridized carbons (Fsp3) is 0.545. The molecule has 29 heavy (non-hydrogen) atoms. The van der Waals surface area contributed by atoms with Gasteiger partial charge in [-0.15, -0.1) is 0 Å². The first kappa shape index (κ1) is 20.3. The third-order valence-electron chi connectivity index (χ3n) is 5.92. The number of nitrogens with zero attached hydrogens (tertiary/aromatic N) is 2. The molecule has 6 nitrogen and oxygen atoms in total. The van der Waals surface area contributed by atoms with Crippen LogP contribution in [0.3, 0.4) is 0 Å². The van der Waals surface area contributed by atoms with Crippen molar-refractivity contribution in [3.05, 3.63) is 40.2 Å². The van der Waals surface area contributed by atoms with Crippen molar-refractivity contribution in [2.24, 2.45) is 0 Å². The molecule has 1 aromatic carbocycles. The largest absolute Gasteiger partial charge is 0.484 e. The van der Waals surface area contributed by atoms with E-state index in [2.05, 4.69) is 4.90 Å². The monoisotopic (exact) mass is 416 g/mol. The molecule has 2 saturated heterocycles. The molecule has 156 valence electrons. The number of hydrogen-bond acceptors (Lipinski definition) is 6. The number of thioether (sulfide) groups is 1. The topological polar surface area (TPSA) is 63.0 Å². The van der Waals surface area contributed by atoms with Crippen molar-refractivity contribution in [2.75, 3.05) is 44.3 Å². The van der Waals surface area contributed by atoms with Crippen LogP contribution in [0.25, 0.3) is 11.0 Å². The summed E-state index contributed by atoms with van der Waals surface area (Å²) in [6, 6.07) is 7.55. The summed E-state index contributed by atoms with van der Waals surface area (Å²) in [6.07, 6.45) is 2.83. The maximum atomic E-state index is 12.6. The van der Waals surface area contributed by atoms with Gasteiger partial charge >= 0.3 is 5.63 Å². The number of rotatable bonds is 5. The smallest absolute Gasteiger partial charge is 0.336 e. The normalized spacial score (nSPS) is 18.9. The Kier molecular flexibility index (Phi) is 6.45. The number of carbonyl (C=O) groups is 1. The fourth-order valence-corrected chi connectivity index (χ4v) is 5.18. The first-order chi connectivity index (χ1) is 14.1. The van der Waals surface area contributed by atoms with Crippen LogP contribution < -0.4 is 10.4 Å². The average molecular weight is 417 g/mol. The average Bonchev–Trinajstić information content (AvgIpc) is 2.77. The second-order valence-electron chi connectivity index (χ2n) is 7.65. The molecule has 0 bridgehead atoms. The van der Waals surface area contributed by atoms with E-state index in [0.29, 0.717) is 17.4 Å². The molecule has 7 heteroatoms. The molecule has 2 fully saturated rings. The standard InChI is InChI=1S/C22H28N2O4S/c1-2-16-13-22(26)28-20-14-18(3-4-19(16)20)27-15-21(25)24-7-5-17(6-8-24)23-9-11-29-12-10-23/h3-4,13-14,17H,2,5-12,15H2,1H3. The predicted molar refractivity (Wildman–Crippen MR) is 116 cm³/mol. The van der Waals surface area contributed by atoms with Gasteiger partial charge in [-0.25, -0.2) is 4.79 Å². The molecule has 0 spiro atoms. The lowest BCUT2D eigenvalue weighted by atomic mass is 10.0. The Morgan fingerprint density at radius 2 is 1.93 bits per heavy atom. The van der Waals surface area contributed by atoms with Crippen molar-refractivity contribution < 1.29 is 13.9 Å². The molecule has 4 rings (SSSR count). The van der Waals surface area contributed by atoms with Crippen molar-refractivity contribution in [1.82, 2.24) is 9.80 Å². The number of piperidine rings is 1. The maximum absolute atomic E-state index is 12.6. The van der Waals surface area contributed by atoms with Gasteiger partial charge in [-0.3, -0.25) is 9.69 Å². The van der Waals surface area contributed by atoms with Crippen LogP contribution in [0.4, 0.5) is 0 Å². The van der Waals surface area contributed by atoms with Gasteiger partial charge in [0.2, 0.25) is 0 Å². The van der Waals surface area contributed by atoms with Crippen molar-refractivity contribution in [1.29, 1.82) is 0 Å². The summed E-state index contributed by atoms with van der Waals surface area (Å²) in [5.41, 5.74) is 1.09. The Balaban J connectivity index is 1.32. The third-order valence-corrected chi connectivity index (χ3v) is 6.87. The summed E-state index contributed by atoms with van der Waals surface area (Å²) in [5, 5.41) is 0.906. The predicted octanol–water partition coefficient (Wildman–Crippen LogP) is 2.77. The Morgan fingerprint density at radius 1 is 1.17 bits per heavy atom. The molecule has 1 amide bonds. The van der Waals surface area contributed by atoms with Gasteiger partial charge in [0, 0.05) is 61.2 Å². The Hall–Kier alpha value is -1.99. The lowest BCUT2D eigenvalue weighted by Crippen LogP contribution is -2.49. The second kappa shape index (κ2) is 9.22. The summed E-state index contributed by atoms with van der Waals surface area (Å²) in [5.74, 6) is 3.00. The molecule has 0 unspecified atom stereocenters. The van der Waals surface area contributed by atoms with E-state index in [1.165, 1.54) is 30.7 Å². The van der Waals surface area contributed by atoms with Crippen LogP contribution in [0.5, 0.6) is 5.75 Å². The highest BCUT2D eigenvalue weighted by Gasteiger charge is 2.27. The molecular weight excluding hydrogens is 388 g/mol. The quantitative estimate of drug-likeness (QED) is 0.699. The maximum Gasteiger partial charge on any atom is 0.336 e. The van der Waals surface area contributed by atoms with E-state index < -0.39 is 0 Å². The van der Waals surface area contributed by atoms with E-state index >= 15 is 0 Å². The van der Waals surface area contributed by atoms with Crippen molar-refractivity contribution >= 4 is 28.6 Å². The van der Waals surface area contributed by atoms with Gasteiger partial charge in [0.15, 0.2) is 6.61 Å². The van der Waals surface area contributed by atoms with Crippen LogP contribution in [0.1, 0.15) is 25.3 Å². The van der Waals surface area contributed by atoms with Crippen LogP contribution in [-0.4, -0.2) is 66.0 Å². The number of ether oxygens (including phenoxy) is 1. The van der Waals surface area contributed by atoms with Gasteiger partial charge in [0.25, 0.3) is 5.91 Å². The third kappa shape index (κ3) is 4.78. The lowest BCUT2D eigenvalue weighted by molar-refractivity contribution is -0.134. The van der Waals surface area contributed by atoms with Crippen LogP contribution in [-0.2, 0) is 11.2 Å². The zero-order valence-corrected chi connectivity index (χ0v) is 17.7. The van der Waals surface area contributed by atoms with Gasteiger partial charge in [-0.2, -0.15) is 11.8 Å². The van der Waals surface area contributed by atoms with E-state index in [1.807, 2.05) is 35.7 Å². The summed E-state index contributed by atoms with van der Waals surface area (Å²) >= 11 is 2.03. The highest BCUT2D eigenvalue weighted by molar-refractivity contribution is 7.99. The van der Waals surface area contributed by atoms with Gasteiger partial charge in [-0.05, 0) is 37.0 Å². The number of likely N-dealkylation sites (tertiary alicyclic amines) is 1. The van der Waals surface area contributed by atoms with Crippen molar-refractivity contribution in [3.63, 3.8) is 0 Å². The molecule has 0 saturated carbocycles. The second-order valence-corrected chi connectivity index (χ2v) is 8.88. The van der Waals surface area contributed by atoms with Gasteiger partial charge in [-0.1, -0.05) is 6.92 Å². The minimum atomic E-state index is -0.363. The van der Waals surface area contributed by atoms with Gasteiger partial charge < -0.3 is 14.1 Å². The van der Waals surface area contributed by atoms with E-state index in [1.54, 1.807) is 6.07 Å². The Labute approximate surface area is 175 Å². The van der Waals surface area contributed by atoms with Gasteiger partial charge in [0.1, 0.15) is 11.3 Å². The number of amides is 1. The van der Waals surface area contributed by atoms with E-state index in [0.717, 1.165) is 43.3 Å². The molecular formula is C22H28N2O4S. The number of carbonyl (C=O) groups excluding carboxylic acids is 1. The fourth-order valence-electron chi connectivity index (χ4n) is 4.25. The summed E-state index contributed by atoms with van der Waals surface area (Å²) in [4.78, 5) is 28.8. The van der Waals surface area contributed by atoms with Crippen LogP contribution in [0, 0.1) is 0 Å². The summed E-state index contributed by atoms with van der Waals surface area (Å²) < 4.78 is 11.0.